The Kier molecular flexibility index (Phi) is 3.52. The lowest BCUT2D eigenvalue weighted by atomic mass is 10.0. The van der Waals surface area contributed by atoms with E-state index in [9.17, 15) is 10.2 Å². The van der Waals surface area contributed by atoms with Gasteiger partial charge in [0.15, 0.2) is 0 Å². The number of halogens is 2. The molecule has 2 atom stereocenters. The molecular weight excluding hydrogens is 285 g/mol. The summed E-state index contributed by atoms with van der Waals surface area (Å²) in [7, 11) is 0. The smallest absolute Gasteiger partial charge is 0.0515 e. The van der Waals surface area contributed by atoms with Crippen LogP contribution in [0.4, 0.5) is 0 Å². The average molecular weight is 302 g/mol. The molecule has 0 radical (unpaired) electrons. The monoisotopic (exact) mass is 301 g/mol. The highest BCUT2D eigenvalue weighted by Crippen LogP contribution is 2.62. The number of aliphatic hydroxyl groups is 2. The molecule has 2 unspecified atom stereocenters. The Hall–Kier alpha value is -0.320. The van der Waals surface area contributed by atoms with E-state index in [4.69, 9.17) is 23.2 Å². The fourth-order valence-electron chi connectivity index (χ4n) is 3.53. The number of hydrogen-bond acceptors (Lipinski definition) is 3. The third-order valence-corrected chi connectivity index (χ3v) is 5.12. The number of nitrogens with zero attached hydrogens (tertiary/aromatic N) is 1. The van der Waals surface area contributed by atoms with Gasteiger partial charge in [0, 0.05) is 35.1 Å². The molecule has 19 heavy (non-hydrogen) atoms. The van der Waals surface area contributed by atoms with Crippen molar-refractivity contribution in [2.24, 2.45) is 17.3 Å². The van der Waals surface area contributed by atoms with Gasteiger partial charge in [0.25, 0.3) is 0 Å². The van der Waals surface area contributed by atoms with Crippen LogP contribution in [0.5, 0.6) is 0 Å². The quantitative estimate of drug-likeness (QED) is 0.894. The first-order valence-corrected chi connectivity index (χ1v) is 7.23. The van der Waals surface area contributed by atoms with E-state index in [2.05, 4.69) is 4.90 Å². The van der Waals surface area contributed by atoms with Crippen molar-refractivity contribution in [3.63, 3.8) is 0 Å². The molecule has 0 bridgehead atoms. The Morgan fingerprint density at radius 1 is 1.05 bits per heavy atom. The molecule has 2 N–H and O–H groups in total. The zero-order chi connectivity index (χ0) is 13.6. The highest BCUT2D eigenvalue weighted by Gasteiger charge is 2.67. The number of rotatable bonds is 4. The van der Waals surface area contributed by atoms with Crippen molar-refractivity contribution in [2.75, 3.05) is 26.3 Å². The highest BCUT2D eigenvalue weighted by molar-refractivity contribution is 6.34. The minimum Gasteiger partial charge on any atom is -0.396 e. The lowest BCUT2D eigenvalue weighted by molar-refractivity contribution is 0.0869. The molecule has 1 saturated heterocycles. The predicted molar refractivity (Wildman–Crippen MR) is 75.3 cm³/mol. The molecule has 0 amide bonds. The summed E-state index contributed by atoms with van der Waals surface area (Å²) >= 11 is 12.0. The summed E-state index contributed by atoms with van der Waals surface area (Å²) < 4.78 is 0. The largest absolute Gasteiger partial charge is 0.396 e. The second-order valence-electron chi connectivity index (χ2n) is 5.73. The van der Waals surface area contributed by atoms with Gasteiger partial charge in [-0.3, -0.25) is 4.90 Å². The van der Waals surface area contributed by atoms with Gasteiger partial charge in [0.2, 0.25) is 0 Å². The Bertz CT molecular complexity index is 456. The second kappa shape index (κ2) is 4.90. The van der Waals surface area contributed by atoms with Gasteiger partial charge in [-0.25, -0.2) is 0 Å². The van der Waals surface area contributed by atoms with Crippen LogP contribution in [0.25, 0.3) is 0 Å². The molecule has 0 aromatic heterocycles. The van der Waals surface area contributed by atoms with Crippen molar-refractivity contribution in [1.29, 1.82) is 0 Å². The van der Waals surface area contributed by atoms with E-state index in [0.717, 1.165) is 25.2 Å². The predicted octanol–water partition coefficient (Wildman–Crippen LogP) is 2.03. The van der Waals surface area contributed by atoms with Crippen molar-refractivity contribution in [3.05, 3.63) is 33.8 Å². The normalized spacial score (nSPS) is 28.4. The molecule has 1 aromatic rings. The standard InChI is InChI=1S/C14H17Cl2NO2/c15-10-1-9(2-11(16)3-10)4-17-5-12-13(6-17)14(12,7-18)8-19/h1-3,12-13,18-19H,4-8H2. The van der Waals surface area contributed by atoms with Crippen LogP contribution in [-0.2, 0) is 6.54 Å². The number of piperidine rings is 1. The molecule has 2 fully saturated rings. The summed E-state index contributed by atoms with van der Waals surface area (Å²) in [5, 5.41) is 20.1. The summed E-state index contributed by atoms with van der Waals surface area (Å²) in [4.78, 5) is 2.33. The van der Waals surface area contributed by atoms with Crippen molar-refractivity contribution < 1.29 is 10.2 Å². The average Bonchev–Trinajstić information content (AvgIpc) is 2.72. The van der Waals surface area contributed by atoms with E-state index in [1.807, 2.05) is 12.1 Å². The van der Waals surface area contributed by atoms with Crippen LogP contribution in [0.15, 0.2) is 18.2 Å². The Labute approximate surface area is 122 Å². The van der Waals surface area contributed by atoms with Crippen LogP contribution in [-0.4, -0.2) is 41.4 Å². The summed E-state index contributed by atoms with van der Waals surface area (Å²) in [5.41, 5.74) is 0.889. The van der Waals surface area contributed by atoms with Crippen molar-refractivity contribution in [3.8, 4) is 0 Å². The molecule has 1 heterocycles. The van der Waals surface area contributed by atoms with Crippen molar-refractivity contribution >= 4 is 23.2 Å². The third kappa shape index (κ3) is 2.28. The Balaban J connectivity index is 1.63. The van der Waals surface area contributed by atoms with Crippen LogP contribution in [0.3, 0.4) is 0 Å². The lowest BCUT2D eigenvalue weighted by Gasteiger charge is -2.24. The van der Waals surface area contributed by atoms with E-state index in [-0.39, 0.29) is 18.6 Å². The summed E-state index contributed by atoms with van der Waals surface area (Å²) in [6, 6.07) is 5.60. The number of hydrogen-bond donors (Lipinski definition) is 2. The maximum absolute atomic E-state index is 9.40. The zero-order valence-electron chi connectivity index (χ0n) is 10.5. The van der Waals surface area contributed by atoms with E-state index in [0.29, 0.717) is 21.9 Å². The first-order chi connectivity index (χ1) is 9.09. The minimum absolute atomic E-state index is 0.0929. The molecule has 3 nitrogen and oxygen atoms in total. The van der Waals surface area contributed by atoms with Crippen LogP contribution < -0.4 is 0 Å². The number of aliphatic hydroxyl groups excluding tert-OH is 2. The number of benzene rings is 1. The molecule has 1 aliphatic carbocycles. The van der Waals surface area contributed by atoms with E-state index >= 15 is 0 Å². The second-order valence-corrected chi connectivity index (χ2v) is 6.61. The molecule has 1 aromatic carbocycles. The SMILES string of the molecule is OCC1(CO)C2CN(Cc3cc(Cl)cc(Cl)c3)CC21. The molecule has 2 aliphatic rings. The number of likely N-dealkylation sites (tertiary alicyclic amines) is 1. The van der Waals surface area contributed by atoms with Crippen LogP contribution in [0, 0.1) is 17.3 Å². The first-order valence-electron chi connectivity index (χ1n) is 6.48. The van der Waals surface area contributed by atoms with Gasteiger partial charge in [-0.2, -0.15) is 0 Å². The number of fused-ring (bicyclic) bond motifs is 1. The molecule has 5 heteroatoms. The Morgan fingerprint density at radius 3 is 2.05 bits per heavy atom. The van der Waals surface area contributed by atoms with Crippen LogP contribution in [0.2, 0.25) is 10.0 Å². The van der Waals surface area contributed by atoms with E-state index in [1.54, 1.807) is 6.07 Å². The maximum atomic E-state index is 9.40. The molecule has 1 saturated carbocycles. The summed E-state index contributed by atoms with van der Waals surface area (Å²) in [6.07, 6.45) is 0. The van der Waals surface area contributed by atoms with Gasteiger partial charge < -0.3 is 10.2 Å². The van der Waals surface area contributed by atoms with Gasteiger partial charge >= 0.3 is 0 Å². The van der Waals surface area contributed by atoms with Crippen molar-refractivity contribution in [1.82, 2.24) is 4.90 Å². The topological polar surface area (TPSA) is 43.7 Å². The molecule has 1 aliphatic heterocycles. The van der Waals surface area contributed by atoms with Crippen molar-refractivity contribution in [2.45, 2.75) is 6.54 Å². The maximum Gasteiger partial charge on any atom is 0.0515 e. The van der Waals surface area contributed by atoms with Gasteiger partial charge in [-0.15, -0.1) is 0 Å². The fourth-order valence-corrected chi connectivity index (χ4v) is 4.10. The summed E-state index contributed by atoms with van der Waals surface area (Å²) in [5.74, 6) is 0.856. The molecule has 3 rings (SSSR count). The molecule has 0 spiro atoms. The van der Waals surface area contributed by atoms with Gasteiger partial charge in [-0.1, -0.05) is 23.2 Å². The molecule has 104 valence electrons. The zero-order valence-corrected chi connectivity index (χ0v) is 12.0. The van der Waals surface area contributed by atoms with Gasteiger partial charge in [0.05, 0.1) is 13.2 Å². The van der Waals surface area contributed by atoms with Crippen LogP contribution >= 0.6 is 23.2 Å². The third-order valence-electron chi connectivity index (χ3n) is 4.68. The minimum atomic E-state index is -0.220. The van der Waals surface area contributed by atoms with Gasteiger partial charge in [0.1, 0.15) is 0 Å². The summed E-state index contributed by atoms with van der Waals surface area (Å²) in [6.45, 7) is 2.86. The van der Waals surface area contributed by atoms with E-state index < -0.39 is 0 Å². The Morgan fingerprint density at radius 2 is 1.58 bits per heavy atom. The fraction of sp³-hybridized carbons (Fsp3) is 0.571. The van der Waals surface area contributed by atoms with E-state index in [1.165, 1.54) is 0 Å². The lowest BCUT2D eigenvalue weighted by Crippen LogP contribution is -2.31. The van der Waals surface area contributed by atoms with Crippen LogP contribution in [0.1, 0.15) is 5.56 Å². The van der Waals surface area contributed by atoms with Gasteiger partial charge in [-0.05, 0) is 35.6 Å². The highest BCUT2D eigenvalue weighted by atomic mass is 35.5. The first kappa shape index (κ1) is 13.7. The molecular formula is C14H17Cl2NO2.